The van der Waals surface area contributed by atoms with E-state index in [0.29, 0.717) is 13.1 Å². The number of aliphatic hydroxyl groups excluding tert-OH is 1. The van der Waals surface area contributed by atoms with Crippen molar-refractivity contribution < 1.29 is 19.6 Å². The van der Waals surface area contributed by atoms with Crippen molar-refractivity contribution in [3.05, 3.63) is 28.3 Å². The summed E-state index contributed by atoms with van der Waals surface area (Å²) in [6, 6.07) is 2.69. The van der Waals surface area contributed by atoms with Crippen LogP contribution in [0.15, 0.2) is 18.2 Å². The largest absolute Gasteiger partial charge is 0.395 e. The Morgan fingerprint density at radius 2 is 1.92 bits per heavy atom. The maximum atomic E-state index is 12.2. The molecular weight excluding hydrogens is 318 g/mol. The fourth-order valence-electron chi connectivity index (χ4n) is 1.98. The van der Waals surface area contributed by atoms with Crippen molar-refractivity contribution in [2.45, 2.75) is 13.8 Å². The molecule has 132 valence electrons. The molecule has 0 fully saturated rings. The van der Waals surface area contributed by atoms with Gasteiger partial charge in [-0.05, 0) is 19.9 Å². The van der Waals surface area contributed by atoms with Crippen LogP contribution in [0.5, 0.6) is 0 Å². The Labute approximate surface area is 139 Å². The van der Waals surface area contributed by atoms with Crippen molar-refractivity contribution in [2.75, 3.05) is 36.5 Å². The number of nitrogens with one attached hydrogen (secondary N) is 3. The molecule has 0 aromatic heterocycles. The Morgan fingerprint density at radius 3 is 2.46 bits per heavy atom. The number of urea groups is 2. The van der Waals surface area contributed by atoms with Gasteiger partial charge in [0.2, 0.25) is 0 Å². The number of aliphatic hydroxyl groups is 1. The van der Waals surface area contributed by atoms with Crippen LogP contribution in [0.1, 0.15) is 13.8 Å². The lowest BCUT2D eigenvalue weighted by Gasteiger charge is -2.24. The number of amides is 4. The number of nitro benzene ring substituents is 1. The molecule has 0 aliphatic rings. The lowest BCUT2D eigenvalue weighted by atomic mass is 10.2. The van der Waals surface area contributed by atoms with Gasteiger partial charge in [-0.1, -0.05) is 0 Å². The number of non-ortho nitro benzene ring substituents is 1. The highest BCUT2D eigenvalue weighted by Crippen LogP contribution is 2.30. The molecule has 0 aliphatic heterocycles. The summed E-state index contributed by atoms with van der Waals surface area (Å²) in [4.78, 5) is 35.5. The Hall–Kier alpha value is -2.88. The summed E-state index contributed by atoms with van der Waals surface area (Å²) in [6.07, 6.45) is 0. The summed E-state index contributed by atoms with van der Waals surface area (Å²) in [5, 5.41) is 27.7. The van der Waals surface area contributed by atoms with Crippen LogP contribution < -0.4 is 20.9 Å². The predicted molar refractivity (Wildman–Crippen MR) is 89.3 cm³/mol. The van der Waals surface area contributed by atoms with Crippen LogP contribution in [0.3, 0.4) is 0 Å². The number of carbonyl (C=O) groups excluding carboxylic acids is 2. The van der Waals surface area contributed by atoms with Crippen LogP contribution in [0.4, 0.5) is 26.7 Å². The highest BCUT2D eigenvalue weighted by molar-refractivity contribution is 6.00. The van der Waals surface area contributed by atoms with Gasteiger partial charge < -0.3 is 21.1 Å². The highest BCUT2D eigenvalue weighted by atomic mass is 16.6. The number of rotatable bonds is 7. The number of nitro groups is 1. The molecule has 1 aromatic rings. The molecule has 0 aliphatic carbocycles. The third-order valence-corrected chi connectivity index (χ3v) is 2.96. The van der Waals surface area contributed by atoms with E-state index in [2.05, 4.69) is 16.0 Å². The topological polar surface area (TPSA) is 137 Å². The molecule has 24 heavy (non-hydrogen) atoms. The Balaban J connectivity index is 3.28. The average Bonchev–Trinajstić information content (AvgIpc) is 2.53. The molecule has 0 saturated heterocycles. The van der Waals surface area contributed by atoms with E-state index < -0.39 is 17.0 Å². The smallest absolute Gasteiger partial charge is 0.322 e. The van der Waals surface area contributed by atoms with Crippen molar-refractivity contribution in [3.63, 3.8) is 0 Å². The van der Waals surface area contributed by atoms with Gasteiger partial charge in [0.1, 0.15) is 0 Å². The number of nitrogens with zero attached hydrogens (tertiary/aromatic N) is 2. The maximum Gasteiger partial charge on any atom is 0.322 e. The van der Waals surface area contributed by atoms with Gasteiger partial charge in [0, 0.05) is 25.2 Å². The van der Waals surface area contributed by atoms with E-state index in [1.54, 1.807) is 13.8 Å². The molecule has 1 rings (SSSR count). The van der Waals surface area contributed by atoms with E-state index in [0.717, 1.165) is 6.07 Å². The van der Waals surface area contributed by atoms with Crippen LogP contribution in [-0.4, -0.2) is 48.3 Å². The number of hydrogen-bond donors (Lipinski definition) is 4. The van der Waals surface area contributed by atoms with Crippen molar-refractivity contribution in [1.82, 2.24) is 10.6 Å². The molecule has 0 unspecified atom stereocenters. The van der Waals surface area contributed by atoms with E-state index in [1.807, 2.05) is 0 Å². The van der Waals surface area contributed by atoms with E-state index in [4.69, 9.17) is 0 Å². The number of benzene rings is 1. The first-order valence-electron chi connectivity index (χ1n) is 7.44. The summed E-state index contributed by atoms with van der Waals surface area (Å²) >= 11 is 0. The van der Waals surface area contributed by atoms with Crippen molar-refractivity contribution in [2.24, 2.45) is 0 Å². The van der Waals surface area contributed by atoms with Crippen LogP contribution >= 0.6 is 0 Å². The molecule has 0 atom stereocenters. The van der Waals surface area contributed by atoms with Gasteiger partial charge in [0.05, 0.1) is 29.4 Å². The first-order valence-corrected chi connectivity index (χ1v) is 7.44. The summed E-state index contributed by atoms with van der Waals surface area (Å²) in [6.45, 7) is 3.85. The average molecular weight is 339 g/mol. The minimum Gasteiger partial charge on any atom is -0.395 e. The monoisotopic (exact) mass is 339 g/mol. The first kappa shape index (κ1) is 19.2. The van der Waals surface area contributed by atoms with Gasteiger partial charge in [-0.3, -0.25) is 15.0 Å². The zero-order valence-corrected chi connectivity index (χ0v) is 13.5. The highest BCUT2D eigenvalue weighted by Gasteiger charge is 2.21. The Morgan fingerprint density at radius 1 is 1.25 bits per heavy atom. The Bertz CT molecular complexity index is 607. The summed E-state index contributed by atoms with van der Waals surface area (Å²) in [5.41, 5.74) is 0.104. The molecule has 0 bridgehead atoms. The maximum absolute atomic E-state index is 12.2. The molecule has 10 heteroatoms. The van der Waals surface area contributed by atoms with Gasteiger partial charge in [-0.2, -0.15) is 0 Å². The minimum absolute atomic E-state index is 0.0340. The molecule has 0 saturated carbocycles. The zero-order chi connectivity index (χ0) is 18.1. The van der Waals surface area contributed by atoms with Gasteiger partial charge in [-0.25, -0.2) is 9.59 Å². The summed E-state index contributed by atoms with van der Waals surface area (Å²) in [7, 11) is 0. The van der Waals surface area contributed by atoms with Crippen LogP contribution in [0, 0.1) is 10.1 Å². The second-order valence-corrected chi connectivity index (χ2v) is 4.65. The van der Waals surface area contributed by atoms with Crippen molar-refractivity contribution in [1.29, 1.82) is 0 Å². The molecule has 0 radical (unpaired) electrons. The number of hydrogen-bond acceptors (Lipinski definition) is 5. The molecular formula is C14H21N5O5. The molecule has 4 amide bonds. The van der Waals surface area contributed by atoms with E-state index in [9.17, 15) is 24.8 Å². The van der Waals surface area contributed by atoms with Crippen molar-refractivity contribution in [3.8, 4) is 0 Å². The zero-order valence-electron chi connectivity index (χ0n) is 13.5. The fourth-order valence-corrected chi connectivity index (χ4v) is 1.98. The van der Waals surface area contributed by atoms with E-state index >= 15 is 0 Å². The van der Waals surface area contributed by atoms with E-state index in [1.165, 1.54) is 17.0 Å². The number of carbonyl (C=O) groups is 2. The first-order chi connectivity index (χ1) is 11.4. The lowest BCUT2D eigenvalue weighted by molar-refractivity contribution is -0.384. The predicted octanol–water partition coefficient (Wildman–Crippen LogP) is 1.26. The molecule has 0 heterocycles. The van der Waals surface area contributed by atoms with Gasteiger partial charge in [0.15, 0.2) is 0 Å². The normalized spacial score (nSPS) is 9.96. The SMILES string of the molecule is CCNC(=O)Nc1cc([N+](=O)[O-])ccc1N(CCO)C(=O)NCC. The second kappa shape index (κ2) is 9.30. The molecule has 4 N–H and O–H groups in total. The summed E-state index contributed by atoms with van der Waals surface area (Å²) in [5.74, 6) is 0. The standard InChI is InChI=1S/C14H21N5O5/c1-3-15-13(21)17-11-9-10(19(23)24)5-6-12(11)18(7-8-20)14(22)16-4-2/h5-6,9,20H,3-4,7-8H2,1-2H3,(H,16,22)(H2,15,17,21). The van der Waals surface area contributed by atoms with Crippen molar-refractivity contribution >= 4 is 29.1 Å². The minimum atomic E-state index is -0.602. The van der Waals surface area contributed by atoms with Crippen LogP contribution in [0.25, 0.3) is 0 Å². The van der Waals surface area contributed by atoms with Gasteiger partial charge >= 0.3 is 12.1 Å². The van der Waals surface area contributed by atoms with Gasteiger partial charge in [-0.15, -0.1) is 0 Å². The third-order valence-electron chi connectivity index (χ3n) is 2.96. The lowest BCUT2D eigenvalue weighted by Crippen LogP contribution is -2.42. The quantitative estimate of drug-likeness (QED) is 0.438. The fraction of sp³-hybridized carbons (Fsp3) is 0.429. The molecule has 10 nitrogen and oxygen atoms in total. The molecule has 0 spiro atoms. The number of anilines is 2. The van der Waals surface area contributed by atoms with Gasteiger partial charge in [0.25, 0.3) is 5.69 Å². The second-order valence-electron chi connectivity index (χ2n) is 4.65. The Kier molecular flexibility index (Phi) is 7.43. The van der Waals surface area contributed by atoms with Crippen LogP contribution in [-0.2, 0) is 0 Å². The summed E-state index contributed by atoms with van der Waals surface area (Å²) < 4.78 is 0. The van der Waals surface area contributed by atoms with Crippen LogP contribution in [0.2, 0.25) is 0 Å². The van der Waals surface area contributed by atoms with E-state index in [-0.39, 0.29) is 30.2 Å². The third kappa shape index (κ3) is 5.09. The molecule has 1 aromatic carbocycles.